The number of nitrogens with one attached hydrogen (secondary N) is 2. The maximum absolute atomic E-state index is 12.7. The zero-order valence-electron chi connectivity index (χ0n) is 16.5. The average Bonchev–Trinajstić information content (AvgIpc) is 3.19. The molecule has 0 atom stereocenters. The summed E-state index contributed by atoms with van der Waals surface area (Å²) in [6, 6.07) is 10.3. The van der Waals surface area contributed by atoms with Crippen LogP contribution in [0.25, 0.3) is 22.5 Å². The molecule has 12 heteroatoms. The Kier molecular flexibility index (Phi) is 6.47. The number of halogens is 6. The second-order valence-corrected chi connectivity index (χ2v) is 6.89. The van der Waals surface area contributed by atoms with Crippen LogP contribution in [0.1, 0.15) is 21.6 Å². The third-order valence-corrected chi connectivity index (χ3v) is 4.63. The standard InChI is InChI=1S/C19H14F3N3O.C2HF3O2/c20-19(21,22)13-3-1-11(2-4-13)16-9-12(5-7-23-16)17-10-14-15(25-17)6-8-24-18(14)26;3-2(4,5)1(6)7/h1-5,7,9-10,25H,6,8H2,(H,24,26);(H,6,7). The molecule has 0 unspecified atom stereocenters. The van der Waals surface area contributed by atoms with Gasteiger partial charge in [-0.3, -0.25) is 9.78 Å². The summed E-state index contributed by atoms with van der Waals surface area (Å²) in [5.41, 5.74) is 3.57. The molecule has 174 valence electrons. The van der Waals surface area contributed by atoms with Crippen molar-refractivity contribution in [2.24, 2.45) is 0 Å². The fourth-order valence-corrected chi connectivity index (χ4v) is 3.03. The van der Waals surface area contributed by atoms with Gasteiger partial charge in [0.2, 0.25) is 0 Å². The van der Waals surface area contributed by atoms with Crippen LogP contribution in [0.3, 0.4) is 0 Å². The van der Waals surface area contributed by atoms with Gasteiger partial charge in [0, 0.05) is 41.7 Å². The molecule has 4 rings (SSSR count). The SMILES string of the molecule is O=C(O)C(F)(F)F.O=C1NCCc2[nH]c(-c3ccnc(-c4ccc(C(F)(F)F)cc4)c3)cc21. The lowest BCUT2D eigenvalue weighted by molar-refractivity contribution is -0.192. The second kappa shape index (κ2) is 8.96. The van der Waals surface area contributed by atoms with Gasteiger partial charge in [-0.15, -0.1) is 0 Å². The lowest BCUT2D eigenvalue weighted by atomic mass is 10.0. The molecule has 0 saturated heterocycles. The van der Waals surface area contributed by atoms with Crippen molar-refractivity contribution >= 4 is 11.9 Å². The van der Waals surface area contributed by atoms with Crippen LogP contribution in [0, 0.1) is 0 Å². The Labute approximate surface area is 182 Å². The number of amides is 1. The number of carboxylic acid groups (broad SMARTS) is 1. The topological polar surface area (TPSA) is 95.1 Å². The Morgan fingerprint density at radius 3 is 2.15 bits per heavy atom. The van der Waals surface area contributed by atoms with E-state index in [1.54, 1.807) is 24.4 Å². The van der Waals surface area contributed by atoms with Crippen molar-refractivity contribution in [3.05, 3.63) is 65.5 Å². The number of alkyl halides is 6. The first-order valence-corrected chi connectivity index (χ1v) is 9.30. The number of fused-ring (bicyclic) bond motifs is 1. The van der Waals surface area contributed by atoms with Crippen LogP contribution in [0.2, 0.25) is 0 Å². The summed E-state index contributed by atoms with van der Waals surface area (Å²) < 4.78 is 69.8. The molecular weight excluding hydrogens is 456 g/mol. The van der Waals surface area contributed by atoms with E-state index in [0.717, 1.165) is 35.5 Å². The largest absolute Gasteiger partial charge is 0.490 e. The van der Waals surface area contributed by atoms with Crippen LogP contribution >= 0.6 is 0 Å². The van der Waals surface area contributed by atoms with Gasteiger partial charge in [-0.2, -0.15) is 26.3 Å². The maximum Gasteiger partial charge on any atom is 0.490 e. The third-order valence-electron chi connectivity index (χ3n) is 4.63. The van der Waals surface area contributed by atoms with E-state index in [1.165, 1.54) is 12.1 Å². The first kappa shape index (κ1) is 23.8. The van der Waals surface area contributed by atoms with E-state index < -0.39 is 23.9 Å². The van der Waals surface area contributed by atoms with Gasteiger partial charge in [0.25, 0.3) is 5.91 Å². The Morgan fingerprint density at radius 2 is 1.61 bits per heavy atom. The normalized spacial score (nSPS) is 13.5. The van der Waals surface area contributed by atoms with E-state index in [2.05, 4.69) is 15.3 Å². The Balaban J connectivity index is 0.000000383. The first-order valence-electron chi connectivity index (χ1n) is 9.30. The van der Waals surface area contributed by atoms with Crippen molar-refractivity contribution in [3.63, 3.8) is 0 Å². The molecule has 0 saturated carbocycles. The molecule has 0 radical (unpaired) electrons. The third kappa shape index (κ3) is 5.70. The zero-order chi connectivity index (χ0) is 24.4. The summed E-state index contributed by atoms with van der Waals surface area (Å²) in [5, 5.41) is 9.92. The Hall–Kier alpha value is -3.83. The number of hydrogen-bond donors (Lipinski definition) is 3. The summed E-state index contributed by atoms with van der Waals surface area (Å²) >= 11 is 0. The number of nitrogens with zero attached hydrogens (tertiary/aromatic N) is 1. The summed E-state index contributed by atoms with van der Waals surface area (Å²) in [5.74, 6) is -2.86. The minimum Gasteiger partial charge on any atom is -0.475 e. The minimum absolute atomic E-state index is 0.106. The van der Waals surface area contributed by atoms with Crippen molar-refractivity contribution in [1.29, 1.82) is 0 Å². The van der Waals surface area contributed by atoms with Crippen molar-refractivity contribution in [2.75, 3.05) is 6.54 Å². The van der Waals surface area contributed by atoms with Gasteiger partial charge in [-0.1, -0.05) is 12.1 Å². The molecule has 3 aromatic rings. The molecule has 1 aliphatic rings. The molecule has 0 spiro atoms. The van der Waals surface area contributed by atoms with E-state index >= 15 is 0 Å². The van der Waals surface area contributed by atoms with Crippen LogP contribution in [0.4, 0.5) is 26.3 Å². The predicted octanol–water partition coefficient (Wildman–Crippen LogP) is 4.68. The maximum atomic E-state index is 12.7. The van der Waals surface area contributed by atoms with E-state index in [4.69, 9.17) is 9.90 Å². The molecule has 0 aliphatic carbocycles. The van der Waals surface area contributed by atoms with Gasteiger partial charge < -0.3 is 15.4 Å². The fraction of sp³-hybridized carbons (Fsp3) is 0.190. The van der Waals surface area contributed by atoms with E-state index in [9.17, 15) is 31.1 Å². The fourth-order valence-electron chi connectivity index (χ4n) is 3.03. The second-order valence-electron chi connectivity index (χ2n) is 6.89. The molecule has 1 aromatic carbocycles. The number of carbonyl (C=O) groups is 2. The Morgan fingerprint density at radius 1 is 0.970 bits per heavy atom. The number of aromatic nitrogens is 2. The highest BCUT2D eigenvalue weighted by Crippen LogP contribution is 2.31. The quantitative estimate of drug-likeness (QED) is 0.473. The summed E-state index contributed by atoms with van der Waals surface area (Å²) in [6.45, 7) is 0.596. The number of carboxylic acids is 1. The lowest BCUT2D eigenvalue weighted by Gasteiger charge is -2.11. The molecule has 1 amide bonds. The number of carbonyl (C=O) groups excluding carboxylic acids is 1. The molecule has 1 aliphatic heterocycles. The summed E-state index contributed by atoms with van der Waals surface area (Å²) in [4.78, 5) is 28.3. The average molecular weight is 471 g/mol. The van der Waals surface area contributed by atoms with E-state index in [-0.39, 0.29) is 5.91 Å². The summed E-state index contributed by atoms with van der Waals surface area (Å²) in [6.07, 6.45) is -7.11. The molecule has 6 nitrogen and oxygen atoms in total. The Bertz CT molecular complexity index is 1170. The van der Waals surface area contributed by atoms with Crippen LogP contribution in [-0.2, 0) is 17.4 Å². The van der Waals surface area contributed by atoms with Gasteiger partial charge in [0.15, 0.2) is 0 Å². The van der Waals surface area contributed by atoms with Crippen molar-refractivity contribution in [3.8, 4) is 22.5 Å². The number of benzene rings is 1. The number of rotatable bonds is 2. The van der Waals surface area contributed by atoms with Crippen LogP contribution < -0.4 is 5.32 Å². The molecule has 33 heavy (non-hydrogen) atoms. The van der Waals surface area contributed by atoms with Crippen LogP contribution in [0.15, 0.2) is 48.7 Å². The zero-order valence-corrected chi connectivity index (χ0v) is 16.5. The molecule has 0 bridgehead atoms. The van der Waals surface area contributed by atoms with Gasteiger partial charge in [0.1, 0.15) is 0 Å². The summed E-state index contributed by atoms with van der Waals surface area (Å²) in [7, 11) is 0. The molecule has 3 heterocycles. The van der Waals surface area contributed by atoms with Gasteiger partial charge >= 0.3 is 18.3 Å². The number of aromatic amines is 1. The van der Waals surface area contributed by atoms with Gasteiger partial charge in [0.05, 0.1) is 16.8 Å². The van der Waals surface area contributed by atoms with Crippen molar-refractivity contribution in [2.45, 2.75) is 18.8 Å². The van der Waals surface area contributed by atoms with Gasteiger partial charge in [-0.25, -0.2) is 4.79 Å². The van der Waals surface area contributed by atoms with Crippen LogP contribution in [0.5, 0.6) is 0 Å². The predicted molar refractivity (Wildman–Crippen MR) is 104 cm³/mol. The molecule has 0 fully saturated rings. The minimum atomic E-state index is -5.08. The number of H-pyrrole nitrogens is 1. The van der Waals surface area contributed by atoms with E-state index in [1.807, 2.05) is 0 Å². The highest BCUT2D eigenvalue weighted by atomic mass is 19.4. The smallest absolute Gasteiger partial charge is 0.475 e. The molecular formula is C21H15F6N3O3. The van der Waals surface area contributed by atoms with Crippen molar-refractivity contribution < 1.29 is 41.0 Å². The monoisotopic (exact) mass is 471 g/mol. The van der Waals surface area contributed by atoms with Crippen LogP contribution in [-0.4, -0.2) is 39.7 Å². The van der Waals surface area contributed by atoms with Crippen molar-refractivity contribution in [1.82, 2.24) is 15.3 Å². The lowest BCUT2D eigenvalue weighted by Crippen LogP contribution is -2.31. The molecule has 2 aromatic heterocycles. The number of aliphatic carboxylic acids is 1. The number of hydrogen-bond acceptors (Lipinski definition) is 3. The first-order chi connectivity index (χ1) is 15.4. The number of pyridine rings is 1. The highest BCUT2D eigenvalue weighted by molar-refractivity contribution is 5.97. The highest BCUT2D eigenvalue weighted by Gasteiger charge is 2.38. The molecule has 3 N–H and O–H groups in total. The van der Waals surface area contributed by atoms with Gasteiger partial charge in [-0.05, 0) is 30.3 Å². The van der Waals surface area contributed by atoms with E-state index in [0.29, 0.717) is 23.4 Å².